The van der Waals surface area contributed by atoms with Gasteiger partial charge in [0, 0.05) is 125 Å². The van der Waals surface area contributed by atoms with Crippen molar-refractivity contribution in [3.63, 3.8) is 0 Å². The topological polar surface area (TPSA) is 312 Å². The Morgan fingerprint density at radius 2 is 1.60 bits per heavy atom. The number of nitrogens with two attached hydrogens (primary N) is 1. The van der Waals surface area contributed by atoms with Crippen molar-refractivity contribution in [1.82, 2.24) is 41.3 Å². The highest BCUT2D eigenvalue weighted by Crippen LogP contribution is 2.34. The van der Waals surface area contributed by atoms with Crippen LogP contribution in [0, 0.1) is 5.92 Å². The Balaban J connectivity index is 0.781. The fraction of sp³-hybridized carbons (Fsp3) is 0.491. The number of rotatable bonds is 26. The van der Waals surface area contributed by atoms with Gasteiger partial charge in [0.2, 0.25) is 23.6 Å². The minimum atomic E-state index is -0.909. The quantitative estimate of drug-likeness (QED) is 0.0242. The van der Waals surface area contributed by atoms with E-state index in [0.717, 1.165) is 38.3 Å². The van der Waals surface area contributed by atoms with Gasteiger partial charge in [0.25, 0.3) is 5.91 Å². The second-order valence-corrected chi connectivity index (χ2v) is 20.9. The highest BCUT2D eigenvalue weighted by molar-refractivity contribution is 6.06. The van der Waals surface area contributed by atoms with Gasteiger partial charge in [-0.3, -0.25) is 54.0 Å². The zero-order valence-electron chi connectivity index (χ0n) is 45.5. The molecular formula is C57H75N11O12. The molecule has 4 aliphatic rings. The van der Waals surface area contributed by atoms with Crippen molar-refractivity contribution in [3.8, 4) is 0 Å². The van der Waals surface area contributed by atoms with Crippen molar-refractivity contribution in [1.29, 1.82) is 0 Å². The maximum atomic E-state index is 13.7. The third kappa shape index (κ3) is 17.6. The van der Waals surface area contributed by atoms with Crippen molar-refractivity contribution in [2.45, 2.75) is 109 Å². The summed E-state index contributed by atoms with van der Waals surface area (Å²) in [5.74, 6) is -3.02. The van der Waals surface area contributed by atoms with Gasteiger partial charge in [-0.15, -0.1) is 0 Å². The number of carbonyl (C=O) groups excluding carboxylic acids is 9. The molecule has 3 aliphatic heterocycles. The average Bonchev–Trinajstić information content (AvgIpc) is 3.90. The number of aliphatic hydroxyl groups is 1. The lowest BCUT2D eigenvalue weighted by atomic mass is 9.79. The predicted molar refractivity (Wildman–Crippen MR) is 295 cm³/mol. The monoisotopic (exact) mass is 1110 g/mol. The highest BCUT2D eigenvalue weighted by Gasteiger charge is 2.40. The van der Waals surface area contributed by atoms with Crippen molar-refractivity contribution in [3.05, 3.63) is 107 Å². The first kappa shape index (κ1) is 59.8. The molecule has 430 valence electrons. The van der Waals surface area contributed by atoms with Crippen LogP contribution in [-0.4, -0.2) is 163 Å². The molecule has 8 amide bonds. The Morgan fingerprint density at radius 3 is 2.30 bits per heavy atom. The summed E-state index contributed by atoms with van der Waals surface area (Å²) < 4.78 is 11.0. The lowest BCUT2D eigenvalue weighted by Crippen LogP contribution is -2.53. The first-order valence-corrected chi connectivity index (χ1v) is 27.5. The number of nitrogens with one attached hydrogen (secondary N) is 7. The number of imide groups is 1. The van der Waals surface area contributed by atoms with Gasteiger partial charge in [0.1, 0.15) is 25.3 Å². The van der Waals surface area contributed by atoms with E-state index in [1.807, 2.05) is 30.3 Å². The number of benzene rings is 3. The molecule has 3 unspecified atom stereocenters. The van der Waals surface area contributed by atoms with Gasteiger partial charge < -0.3 is 51.8 Å². The lowest BCUT2D eigenvalue weighted by Gasteiger charge is -2.34. The van der Waals surface area contributed by atoms with Gasteiger partial charge in [0.15, 0.2) is 5.78 Å². The van der Waals surface area contributed by atoms with E-state index in [1.54, 1.807) is 62.5 Å². The lowest BCUT2D eigenvalue weighted by molar-refractivity contribution is -0.145. The molecular weight excluding hydrogens is 1030 g/mol. The number of nitrogens with zero attached hydrogens (tertiary/aromatic N) is 3. The highest BCUT2D eigenvalue weighted by atomic mass is 16.5. The van der Waals surface area contributed by atoms with Crippen LogP contribution in [0.4, 0.5) is 21.0 Å². The number of aliphatic hydroxyl groups excluding tert-OH is 1. The van der Waals surface area contributed by atoms with E-state index in [2.05, 4.69) is 47.0 Å². The summed E-state index contributed by atoms with van der Waals surface area (Å²) in [4.78, 5) is 120. The van der Waals surface area contributed by atoms with Crippen LogP contribution in [0.5, 0.6) is 0 Å². The zero-order valence-corrected chi connectivity index (χ0v) is 45.5. The molecule has 0 radical (unpaired) electrons. The number of ketones is 1. The maximum absolute atomic E-state index is 13.7. The molecule has 2 saturated heterocycles. The molecule has 0 aromatic heterocycles. The normalized spacial score (nSPS) is 19.8. The number of primary amides is 1. The van der Waals surface area contributed by atoms with Crippen LogP contribution in [0.1, 0.15) is 98.2 Å². The van der Waals surface area contributed by atoms with Crippen molar-refractivity contribution in [2.24, 2.45) is 11.7 Å². The Morgan fingerprint density at radius 1 is 0.863 bits per heavy atom. The number of carbonyl (C=O) groups is 9. The van der Waals surface area contributed by atoms with Crippen LogP contribution in [0.25, 0.3) is 0 Å². The molecule has 7 rings (SSSR count). The largest absolute Gasteiger partial charge is 0.464 e. The second kappa shape index (κ2) is 29.4. The van der Waals surface area contributed by atoms with Gasteiger partial charge >= 0.3 is 18.1 Å². The fourth-order valence-corrected chi connectivity index (χ4v) is 10.2. The predicted octanol–water partition coefficient (Wildman–Crippen LogP) is 2.60. The molecule has 23 heteroatoms. The molecule has 3 aromatic rings. The number of urea groups is 1. The molecule has 0 spiro atoms. The standard InChI is InChI=1S/C57H75N11O12/c1-36(2)52(64-49(71)19-20-51(73)79-29-28-67-26-24-66(25-27-67)23-22-59-33-43-47(69)30-39(31-48(43)70)38-8-4-3-5-9-38)54(75)62-41(10-7-21-60-56(58)77)32-61-40-15-13-37(14-16-40)35-80-57(78)63-45-12-6-11-42-44(45)34-68(55(42)76)46-17-18-50(72)65-53(46)74/h3-6,8-9,11-16,33,36,39,41,46-47,52,59,61,69H,7,10,17-32,34-35H2,1-2H3,(H,62,75)(H,63,78)(H,64,71)(H3,58,60,77)(H,65,72,74)/b43-33-/t39?,41-,46?,47?,52-/m0/s1. The third-order valence-electron chi connectivity index (χ3n) is 14.7. The van der Waals surface area contributed by atoms with Gasteiger partial charge in [0.05, 0.1) is 12.5 Å². The summed E-state index contributed by atoms with van der Waals surface area (Å²) >= 11 is 0. The first-order valence-electron chi connectivity index (χ1n) is 27.5. The Labute approximate surface area is 465 Å². The van der Waals surface area contributed by atoms with E-state index >= 15 is 0 Å². The number of esters is 1. The number of piperazine rings is 1. The molecule has 1 saturated carbocycles. The van der Waals surface area contributed by atoms with Gasteiger partial charge in [-0.2, -0.15) is 0 Å². The van der Waals surface area contributed by atoms with E-state index in [0.29, 0.717) is 72.4 Å². The van der Waals surface area contributed by atoms with Crippen LogP contribution < -0.4 is 43.0 Å². The number of fused-ring (bicyclic) bond motifs is 1. The SMILES string of the molecule is CC(C)[C@H](NC(=O)CCC(=O)OCCN1CCN(CCN/C=C2\C(=O)CC(c3ccccc3)CC2O)CC1)C(=O)N[C@@H](CCCNC(N)=O)CNc1ccc(COC(=O)Nc2cccc3c2CN(C2CCC(=O)NC2=O)C3=O)cc1. The van der Waals surface area contributed by atoms with Crippen molar-refractivity contribution >= 4 is 64.8 Å². The van der Waals surface area contributed by atoms with Crippen LogP contribution in [-0.2, 0) is 51.4 Å². The number of anilines is 2. The molecule has 80 heavy (non-hydrogen) atoms. The third-order valence-corrected chi connectivity index (χ3v) is 14.7. The zero-order chi connectivity index (χ0) is 57.1. The second-order valence-electron chi connectivity index (χ2n) is 20.9. The molecule has 3 aromatic carbocycles. The number of ether oxygens (including phenoxy) is 2. The van der Waals surface area contributed by atoms with Gasteiger partial charge in [-0.25, -0.2) is 9.59 Å². The minimum Gasteiger partial charge on any atom is -0.464 e. The summed E-state index contributed by atoms with van der Waals surface area (Å²) in [5, 5.41) is 30.6. The molecule has 3 heterocycles. The number of hydrogen-bond donors (Lipinski definition) is 9. The molecule has 3 fully saturated rings. The summed E-state index contributed by atoms with van der Waals surface area (Å²) in [6, 6.07) is 19.0. The van der Waals surface area contributed by atoms with Gasteiger partial charge in [-0.1, -0.05) is 62.4 Å². The number of Topliss-reactive ketones (excluding diaryl/α,β-unsaturated/α-hetero) is 1. The van der Waals surface area contributed by atoms with Crippen LogP contribution >= 0.6 is 0 Å². The average molecular weight is 1110 g/mol. The summed E-state index contributed by atoms with van der Waals surface area (Å²) in [7, 11) is 0. The first-order chi connectivity index (χ1) is 38.5. The van der Waals surface area contributed by atoms with Crippen LogP contribution in [0.15, 0.2) is 84.6 Å². The Bertz CT molecular complexity index is 2720. The minimum absolute atomic E-state index is 0.0122. The van der Waals surface area contributed by atoms with Crippen LogP contribution in [0.3, 0.4) is 0 Å². The smallest absolute Gasteiger partial charge is 0.411 e. The molecule has 0 bridgehead atoms. The molecule has 1 aliphatic carbocycles. The molecule has 10 N–H and O–H groups in total. The summed E-state index contributed by atoms with van der Waals surface area (Å²) in [6.45, 7) is 9.49. The van der Waals surface area contributed by atoms with Crippen molar-refractivity contribution < 1.29 is 57.7 Å². The van der Waals surface area contributed by atoms with Gasteiger partial charge in [-0.05, 0) is 72.9 Å². The van der Waals surface area contributed by atoms with Crippen molar-refractivity contribution in [2.75, 3.05) is 76.1 Å². The van der Waals surface area contributed by atoms with Crippen LogP contribution in [0.2, 0.25) is 0 Å². The summed E-state index contributed by atoms with van der Waals surface area (Å²) in [5.41, 5.74) is 9.38. The Kier molecular flexibility index (Phi) is 21.9. The van der Waals surface area contributed by atoms with E-state index < -0.39 is 60.0 Å². The number of hydrogen-bond acceptors (Lipinski definition) is 16. The van der Waals surface area contributed by atoms with E-state index in [9.17, 15) is 48.3 Å². The summed E-state index contributed by atoms with van der Waals surface area (Å²) in [6.07, 6.45) is 1.94. The fourth-order valence-electron chi connectivity index (χ4n) is 10.2. The van der Waals surface area contributed by atoms with E-state index in [4.69, 9.17) is 15.2 Å². The van der Waals surface area contributed by atoms with E-state index in [1.165, 1.54) is 4.90 Å². The maximum Gasteiger partial charge on any atom is 0.411 e. The molecule has 23 nitrogen and oxygen atoms in total. The Hall–Kier alpha value is -7.89. The van der Waals surface area contributed by atoms with E-state index in [-0.39, 0.29) is 88.0 Å². The number of piperidine rings is 1. The molecule has 5 atom stereocenters. The number of amides is 8.